The molecule has 2 aliphatic rings. The van der Waals surface area contributed by atoms with E-state index < -0.39 is 0 Å². The van der Waals surface area contributed by atoms with Crippen molar-refractivity contribution >= 4 is 5.91 Å². The van der Waals surface area contributed by atoms with E-state index in [0.29, 0.717) is 19.1 Å². The SMILES string of the molecule is CCOc1ccc(CC(=O)N2CCC(N3CCc4ccccc4C3)C2)cc1. The molecule has 0 N–H and O–H groups in total. The number of carbonyl (C=O) groups excluding carboxylic acids is 1. The van der Waals surface area contributed by atoms with E-state index in [9.17, 15) is 4.79 Å². The van der Waals surface area contributed by atoms with Crippen LogP contribution < -0.4 is 4.74 Å². The zero-order valence-corrected chi connectivity index (χ0v) is 16.1. The lowest BCUT2D eigenvalue weighted by atomic mass is 9.98. The monoisotopic (exact) mass is 364 g/mol. The van der Waals surface area contributed by atoms with Gasteiger partial charge in [-0.25, -0.2) is 0 Å². The molecule has 2 heterocycles. The van der Waals surface area contributed by atoms with Gasteiger partial charge in [0.1, 0.15) is 5.75 Å². The molecule has 2 aliphatic heterocycles. The van der Waals surface area contributed by atoms with Crippen LogP contribution in [0.25, 0.3) is 0 Å². The second kappa shape index (κ2) is 8.13. The van der Waals surface area contributed by atoms with Crippen molar-refractivity contribution in [2.24, 2.45) is 0 Å². The van der Waals surface area contributed by atoms with Gasteiger partial charge in [-0.05, 0) is 48.6 Å². The lowest BCUT2D eigenvalue weighted by molar-refractivity contribution is -0.129. The minimum Gasteiger partial charge on any atom is -0.494 e. The van der Waals surface area contributed by atoms with Crippen LogP contribution >= 0.6 is 0 Å². The highest BCUT2D eigenvalue weighted by Gasteiger charge is 2.31. The molecule has 1 amide bonds. The fraction of sp³-hybridized carbons (Fsp3) is 0.435. The Morgan fingerprint density at radius 3 is 2.63 bits per heavy atom. The molecule has 0 radical (unpaired) electrons. The second-order valence-electron chi connectivity index (χ2n) is 7.53. The molecule has 1 fully saturated rings. The summed E-state index contributed by atoms with van der Waals surface area (Å²) in [7, 11) is 0. The molecule has 2 aromatic carbocycles. The van der Waals surface area contributed by atoms with Gasteiger partial charge in [-0.2, -0.15) is 0 Å². The Balaban J connectivity index is 1.32. The fourth-order valence-electron chi connectivity index (χ4n) is 4.25. The molecule has 1 saturated heterocycles. The molecule has 4 heteroatoms. The van der Waals surface area contributed by atoms with E-state index in [2.05, 4.69) is 29.2 Å². The van der Waals surface area contributed by atoms with E-state index in [1.165, 1.54) is 11.1 Å². The highest BCUT2D eigenvalue weighted by molar-refractivity contribution is 5.79. The standard InChI is InChI=1S/C23H28N2O2/c1-2-27-22-9-7-18(8-10-22)15-23(26)25-14-12-21(17-25)24-13-11-19-5-3-4-6-20(19)16-24/h3-10,21H,2,11-17H2,1H3. The van der Waals surface area contributed by atoms with Crippen molar-refractivity contribution < 1.29 is 9.53 Å². The number of carbonyl (C=O) groups is 1. The van der Waals surface area contributed by atoms with Gasteiger partial charge >= 0.3 is 0 Å². The van der Waals surface area contributed by atoms with Gasteiger partial charge in [-0.15, -0.1) is 0 Å². The number of rotatable bonds is 5. The number of ether oxygens (including phenoxy) is 1. The summed E-state index contributed by atoms with van der Waals surface area (Å²) >= 11 is 0. The first-order chi connectivity index (χ1) is 13.2. The summed E-state index contributed by atoms with van der Waals surface area (Å²) in [4.78, 5) is 17.3. The zero-order chi connectivity index (χ0) is 18.6. The molecular formula is C23H28N2O2. The van der Waals surface area contributed by atoms with Crippen LogP contribution in [0, 0.1) is 0 Å². The van der Waals surface area contributed by atoms with Gasteiger partial charge in [-0.3, -0.25) is 9.69 Å². The number of fused-ring (bicyclic) bond motifs is 1. The zero-order valence-electron chi connectivity index (χ0n) is 16.1. The Labute approximate surface area is 161 Å². The van der Waals surface area contributed by atoms with E-state index in [1.807, 2.05) is 36.1 Å². The summed E-state index contributed by atoms with van der Waals surface area (Å²) in [5.74, 6) is 1.10. The highest BCUT2D eigenvalue weighted by Crippen LogP contribution is 2.25. The lowest BCUT2D eigenvalue weighted by Gasteiger charge is -2.33. The third-order valence-corrected chi connectivity index (χ3v) is 5.78. The molecule has 2 aromatic rings. The van der Waals surface area contributed by atoms with Crippen LogP contribution in [0.3, 0.4) is 0 Å². The normalized spacial score (nSPS) is 19.7. The number of hydrogen-bond acceptors (Lipinski definition) is 3. The van der Waals surface area contributed by atoms with Crippen LogP contribution in [0.5, 0.6) is 5.75 Å². The maximum atomic E-state index is 12.7. The summed E-state index contributed by atoms with van der Waals surface area (Å²) in [6.07, 6.45) is 2.67. The van der Waals surface area contributed by atoms with Crippen molar-refractivity contribution in [3.8, 4) is 5.75 Å². The molecule has 142 valence electrons. The summed E-state index contributed by atoms with van der Waals surface area (Å²) in [6.45, 7) is 6.48. The number of amides is 1. The van der Waals surface area contributed by atoms with E-state index >= 15 is 0 Å². The van der Waals surface area contributed by atoms with Crippen LogP contribution in [-0.2, 0) is 24.2 Å². The van der Waals surface area contributed by atoms with Crippen molar-refractivity contribution in [1.29, 1.82) is 0 Å². The summed E-state index contributed by atoms with van der Waals surface area (Å²) < 4.78 is 5.47. The molecule has 0 aromatic heterocycles. The molecule has 0 bridgehead atoms. The Morgan fingerprint density at radius 1 is 1.07 bits per heavy atom. The van der Waals surface area contributed by atoms with Crippen LogP contribution in [0.15, 0.2) is 48.5 Å². The number of benzene rings is 2. The first-order valence-corrected chi connectivity index (χ1v) is 10.0. The van der Waals surface area contributed by atoms with Gasteiger partial charge in [-0.1, -0.05) is 36.4 Å². The number of hydrogen-bond donors (Lipinski definition) is 0. The van der Waals surface area contributed by atoms with E-state index in [0.717, 1.165) is 50.3 Å². The summed E-state index contributed by atoms with van der Waals surface area (Å²) in [6, 6.07) is 17.1. The molecule has 4 nitrogen and oxygen atoms in total. The van der Waals surface area contributed by atoms with Gasteiger partial charge in [0.25, 0.3) is 0 Å². The van der Waals surface area contributed by atoms with E-state index in [1.54, 1.807) is 0 Å². The summed E-state index contributed by atoms with van der Waals surface area (Å²) in [5, 5.41) is 0. The quantitative estimate of drug-likeness (QED) is 0.816. The van der Waals surface area contributed by atoms with E-state index in [-0.39, 0.29) is 5.91 Å². The van der Waals surface area contributed by atoms with Crippen LogP contribution in [0.2, 0.25) is 0 Å². The Kier molecular flexibility index (Phi) is 5.44. The maximum absolute atomic E-state index is 12.7. The Morgan fingerprint density at radius 2 is 1.85 bits per heavy atom. The Bertz CT molecular complexity index is 787. The Hall–Kier alpha value is -2.33. The van der Waals surface area contributed by atoms with Crippen molar-refractivity contribution in [3.05, 3.63) is 65.2 Å². The van der Waals surface area contributed by atoms with Crippen molar-refractivity contribution in [2.75, 3.05) is 26.2 Å². The second-order valence-corrected chi connectivity index (χ2v) is 7.53. The van der Waals surface area contributed by atoms with E-state index in [4.69, 9.17) is 4.74 Å². The maximum Gasteiger partial charge on any atom is 0.227 e. The van der Waals surface area contributed by atoms with Crippen molar-refractivity contribution in [2.45, 2.75) is 38.8 Å². The largest absolute Gasteiger partial charge is 0.494 e. The molecule has 27 heavy (non-hydrogen) atoms. The van der Waals surface area contributed by atoms with Crippen molar-refractivity contribution in [1.82, 2.24) is 9.80 Å². The minimum absolute atomic E-state index is 0.235. The van der Waals surface area contributed by atoms with Gasteiger partial charge in [0.15, 0.2) is 0 Å². The van der Waals surface area contributed by atoms with Gasteiger partial charge in [0.2, 0.25) is 5.91 Å². The molecule has 4 rings (SSSR count). The predicted octanol–water partition coefficient (Wildman–Crippen LogP) is 3.29. The van der Waals surface area contributed by atoms with Crippen LogP contribution in [0.1, 0.15) is 30.0 Å². The average molecular weight is 364 g/mol. The molecule has 0 saturated carbocycles. The number of nitrogens with zero attached hydrogens (tertiary/aromatic N) is 2. The highest BCUT2D eigenvalue weighted by atomic mass is 16.5. The molecular weight excluding hydrogens is 336 g/mol. The minimum atomic E-state index is 0.235. The molecule has 1 atom stereocenters. The van der Waals surface area contributed by atoms with Gasteiger partial charge < -0.3 is 9.64 Å². The molecule has 1 unspecified atom stereocenters. The summed E-state index contributed by atoms with van der Waals surface area (Å²) in [5.41, 5.74) is 3.98. The van der Waals surface area contributed by atoms with Gasteiger partial charge in [0, 0.05) is 32.2 Å². The first kappa shape index (κ1) is 18.1. The van der Waals surface area contributed by atoms with Crippen LogP contribution in [-0.4, -0.2) is 48.0 Å². The van der Waals surface area contributed by atoms with Crippen molar-refractivity contribution in [3.63, 3.8) is 0 Å². The fourth-order valence-corrected chi connectivity index (χ4v) is 4.25. The first-order valence-electron chi connectivity index (χ1n) is 10.0. The third kappa shape index (κ3) is 4.16. The smallest absolute Gasteiger partial charge is 0.227 e. The third-order valence-electron chi connectivity index (χ3n) is 5.78. The van der Waals surface area contributed by atoms with Crippen LogP contribution in [0.4, 0.5) is 0 Å². The predicted molar refractivity (Wildman–Crippen MR) is 107 cm³/mol. The van der Waals surface area contributed by atoms with Gasteiger partial charge in [0.05, 0.1) is 13.0 Å². The lowest BCUT2D eigenvalue weighted by Crippen LogP contribution is -2.41. The topological polar surface area (TPSA) is 32.8 Å². The number of likely N-dealkylation sites (tertiary alicyclic amines) is 1. The molecule has 0 spiro atoms. The molecule has 0 aliphatic carbocycles. The average Bonchev–Trinajstić information content (AvgIpc) is 3.20.